The SMILES string of the molecule is CC(C)c1ccc(-c2noc(CN3C[C@@H](C(F)(F)F)[C@H](C(=O)O)C3)n2)cc1. The second-order valence-corrected chi connectivity index (χ2v) is 7.08. The second kappa shape index (κ2) is 7.30. The first-order chi connectivity index (χ1) is 12.6. The van der Waals surface area contributed by atoms with Crippen molar-refractivity contribution in [3.05, 3.63) is 35.7 Å². The standard InChI is InChI=1S/C18H20F3N3O3/c1-10(2)11-3-5-12(6-4-11)16-22-15(27-23-16)9-24-7-13(17(25)26)14(8-24)18(19,20)21/h3-6,10,13-14H,7-9H2,1-2H3,(H,25,26)/t13-,14-/m1/s1. The van der Waals surface area contributed by atoms with Crippen LogP contribution < -0.4 is 0 Å². The van der Waals surface area contributed by atoms with Gasteiger partial charge in [-0.3, -0.25) is 9.69 Å². The molecule has 3 rings (SSSR count). The molecule has 1 aliphatic rings. The predicted molar refractivity (Wildman–Crippen MR) is 89.8 cm³/mol. The lowest BCUT2D eigenvalue weighted by Crippen LogP contribution is -2.33. The first-order valence-corrected chi connectivity index (χ1v) is 8.60. The first-order valence-electron chi connectivity index (χ1n) is 8.60. The van der Waals surface area contributed by atoms with Crippen molar-refractivity contribution in [2.24, 2.45) is 11.8 Å². The van der Waals surface area contributed by atoms with Gasteiger partial charge in [0.1, 0.15) is 0 Å². The van der Waals surface area contributed by atoms with Crippen molar-refractivity contribution in [2.75, 3.05) is 13.1 Å². The summed E-state index contributed by atoms with van der Waals surface area (Å²) in [6, 6.07) is 7.64. The van der Waals surface area contributed by atoms with Gasteiger partial charge in [-0.1, -0.05) is 43.3 Å². The number of alkyl halides is 3. The fourth-order valence-corrected chi connectivity index (χ4v) is 3.24. The van der Waals surface area contributed by atoms with E-state index in [1.165, 1.54) is 4.90 Å². The molecule has 1 saturated heterocycles. The van der Waals surface area contributed by atoms with Crippen LogP contribution in [0.5, 0.6) is 0 Å². The molecule has 9 heteroatoms. The number of benzene rings is 1. The monoisotopic (exact) mass is 383 g/mol. The first kappa shape index (κ1) is 19.3. The summed E-state index contributed by atoms with van der Waals surface area (Å²) in [5.74, 6) is -3.95. The highest BCUT2D eigenvalue weighted by Gasteiger charge is 2.52. The van der Waals surface area contributed by atoms with Crippen LogP contribution in [0, 0.1) is 11.8 Å². The average molecular weight is 383 g/mol. The van der Waals surface area contributed by atoms with E-state index in [9.17, 15) is 18.0 Å². The molecule has 1 N–H and O–H groups in total. The fraction of sp³-hybridized carbons (Fsp3) is 0.500. The van der Waals surface area contributed by atoms with Gasteiger partial charge in [-0.25, -0.2) is 0 Å². The molecule has 1 aliphatic heterocycles. The average Bonchev–Trinajstić information content (AvgIpc) is 3.22. The highest BCUT2D eigenvalue weighted by molar-refractivity contribution is 5.71. The van der Waals surface area contributed by atoms with Crippen molar-refractivity contribution in [1.29, 1.82) is 0 Å². The summed E-state index contributed by atoms with van der Waals surface area (Å²) in [4.78, 5) is 16.8. The molecule has 0 amide bonds. The molecule has 0 radical (unpaired) electrons. The number of likely N-dealkylation sites (tertiary alicyclic amines) is 1. The van der Waals surface area contributed by atoms with Gasteiger partial charge in [0, 0.05) is 18.7 Å². The van der Waals surface area contributed by atoms with Gasteiger partial charge < -0.3 is 9.63 Å². The molecule has 0 saturated carbocycles. The number of aliphatic carboxylic acids is 1. The minimum Gasteiger partial charge on any atom is -0.481 e. The third-order valence-electron chi connectivity index (χ3n) is 4.80. The summed E-state index contributed by atoms with van der Waals surface area (Å²) in [5, 5.41) is 12.9. The number of rotatable bonds is 5. The van der Waals surface area contributed by atoms with E-state index in [0.29, 0.717) is 11.7 Å². The highest BCUT2D eigenvalue weighted by Crippen LogP contribution is 2.38. The molecule has 0 spiro atoms. The molecule has 1 fully saturated rings. The number of halogens is 3. The third kappa shape index (κ3) is 4.29. The number of carboxylic acid groups (broad SMARTS) is 1. The van der Waals surface area contributed by atoms with Gasteiger partial charge >= 0.3 is 12.1 Å². The second-order valence-electron chi connectivity index (χ2n) is 7.08. The molecule has 1 aromatic carbocycles. The number of hydrogen-bond acceptors (Lipinski definition) is 5. The lowest BCUT2D eigenvalue weighted by atomic mass is 9.96. The topological polar surface area (TPSA) is 79.5 Å². The summed E-state index contributed by atoms with van der Waals surface area (Å²) in [7, 11) is 0. The van der Waals surface area contributed by atoms with Gasteiger partial charge in [0.25, 0.3) is 0 Å². The lowest BCUT2D eigenvalue weighted by Gasteiger charge is -2.17. The smallest absolute Gasteiger partial charge is 0.393 e. The Morgan fingerprint density at radius 2 is 1.96 bits per heavy atom. The van der Waals surface area contributed by atoms with E-state index in [1.807, 2.05) is 24.3 Å². The zero-order chi connectivity index (χ0) is 19.8. The van der Waals surface area contributed by atoms with Crippen LogP contribution in [0.25, 0.3) is 11.4 Å². The van der Waals surface area contributed by atoms with Crippen LogP contribution in [-0.4, -0.2) is 45.4 Å². The predicted octanol–water partition coefficient (Wildman–Crippen LogP) is 3.55. The molecular formula is C18H20F3N3O3. The van der Waals surface area contributed by atoms with Crippen molar-refractivity contribution in [1.82, 2.24) is 15.0 Å². The molecule has 1 aromatic heterocycles. The van der Waals surface area contributed by atoms with Gasteiger partial charge in [-0.2, -0.15) is 18.2 Å². The molecule has 0 unspecified atom stereocenters. The Labute approximate surface area is 154 Å². The maximum Gasteiger partial charge on any atom is 0.393 e. The van der Waals surface area contributed by atoms with Crippen molar-refractivity contribution >= 4 is 5.97 Å². The maximum atomic E-state index is 13.1. The molecule has 2 heterocycles. The van der Waals surface area contributed by atoms with Gasteiger partial charge in [-0.05, 0) is 11.5 Å². The number of carbonyl (C=O) groups is 1. The number of hydrogen-bond donors (Lipinski definition) is 1. The van der Waals surface area contributed by atoms with Gasteiger partial charge in [0.15, 0.2) is 0 Å². The maximum absolute atomic E-state index is 13.1. The Hall–Kier alpha value is -2.42. The van der Waals surface area contributed by atoms with Crippen LogP contribution in [0.4, 0.5) is 13.2 Å². The van der Waals surface area contributed by atoms with Crippen LogP contribution in [-0.2, 0) is 11.3 Å². The van der Waals surface area contributed by atoms with Gasteiger partial charge in [0.05, 0.1) is 18.4 Å². The molecule has 146 valence electrons. The Kier molecular flexibility index (Phi) is 5.23. The Morgan fingerprint density at radius 3 is 2.48 bits per heavy atom. The van der Waals surface area contributed by atoms with E-state index in [2.05, 4.69) is 24.0 Å². The summed E-state index contributed by atoms with van der Waals surface area (Å²) in [6.07, 6.45) is -4.56. The lowest BCUT2D eigenvalue weighted by molar-refractivity contribution is -0.188. The number of carboxylic acids is 1. The summed E-state index contributed by atoms with van der Waals surface area (Å²) >= 11 is 0. The van der Waals surface area contributed by atoms with E-state index in [-0.39, 0.29) is 19.0 Å². The van der Waals surface area contributed by atoms with Crippen molar-refractivity contribution in [2.45, 2.75) is 32.5 Å². The van der Waals surface area contributed by atoms with Gasteiger partial charge in [0.2, 0.25) is 11.7 Å². The summed E-state index contributed by atoms with van der Waals surface area (Å²) < 4.78 is 44.3. The van der Waals surface area contributed by atoms with Gasteiger partial charge in [-0.15, -0.1) is 0 Å². The normalized spacial score (nSPS) is 21.1. The third-order valence-corrected chi connectivity index (χ3v) is 4.80. The molecule has 2 aromatic rings. The van der Waals surface area contributed by atoms with Crippen LogP contribution in [0.15, 0.2) is 28.8 Å². The Bertz CT molecular complexity index is 802. The molecule has 0 bridgehead atoms. The zero-order valence-corrected chi connectivity index (χ0v) is 14.9. The molecular weight excluding hydrogens is 363 g/mol. The molecule has 0 aliphatic carbocycles. The zero-order valence-electron chi connectivity index (χ0n) is 14.9. The summed E-state index contributed by atoms with van der Waals surface area (Å²) in [6.45, 7) is 3.53. The van der Waals surface area contributed by atoms with E-state index < -0.39 is 30.5 Å². The minimum absolute atomic E-state index is 0.0204. The van der Waals surface area contributed by atoms with E-state index >= 15 is 0 Å². The van der Waals surface area contributed by atoms with E-state index in [4.69, 9.17) is 9.63 Å². The molecule has 6 nitrogen and oxygen atoms in total. The van der Waals surface area contributed by atoms with Crippen molar-refractivity contribution < 1.29 is 27.6 Å². The summed E-state index contributed by atoms with van der Waals surface area (Å²) in [5.41, 5.74) is 1.91. The molecule has 27 heavy (non-hydrogen) atoms. The van der Waals surface area contributed by atoms with Crippen LogP contribution in [0.2, 0.25) is 0 Å². The van der Waals surface area contributed by atoms with Crippen LogP contribution in [0.1, 0.15) is 31.2 Å². The number of aromatic nitrogens is 2. The quantitative estimate of drug-likeness (QED) is 0.851. The Morgan fingerprint density at radius 1 is 1.30 bits per heavy atom. The van der Waals surface area contributed by atoms with Crippen LogP contribution >= 0.6 is 0 Å². The highest BCUT2D eigenvalue weighted by atomic mass is 19.4. The number of nitrogens with zero attached hydrogens (tertiary/aromatic N) is 3. The van der Waals surface area contributed by atoms with E-state index in [0.717, 1.165) is 11.1 Å². The van der Waals surface area contributed by atoms with Crippen molar-refractivity contribution in [3.8, 4) is 11.4 Å². The Balaban J connectivity index is 1.70. The molecule has 2 atom stereocenters. The van der Waals surface area contributed by atoms with Crippen molar-refractivity contribution in [3.63, 3.8) is 0 Å². The minimum atomic E-state index is -4.56. The largest absolute Gasteiger partial charge is 0.481 e. The fourth-order valence-electron chi connectivity index (χ4n) is 3.24. The van der Waals surface area contributed by atoms with E-state index in [1.54, 1.807) is 0 Å². The van der Waals surface area contributed by atoms with Crippen LogP contribution in [0.3, 0.4) is 0 Å².